The van der Waals surface area contributed by atoms with Crippen molar-refractivity contribution in [2.24, 2.45) is 16.8 Å². The van der Waals surface area contributed by atoms with Gasteiger partial charge in [-0.05, 0) is 56.9 Å². The van der Waals surface area contributed by atoms with E-state index in [1.165, 1.54) is 21.0 Å². The van der Waals surface area contributed by atoms with Crippen molar-refractivity contribution < 1.29 is 28.7 Å². The van der Waals surface area contributed by atoms with Crippen molar-refractivity contribution in [2.45, 2.75) is 97.2 Å². The van der Waals surface area contributed by atoms with Crippen LogP contribution in [0.2, 0.25) is 5.02 Å². The number of anilines is 1. The topological polar surface area (TPSA) is 114 Å². The number of nitrogens with zero attached hydrogens (tertiary/aromatic N) is 3. The molecule has 5 unspecified atom stereocenters. The molecule has 10 nitrogen and oxygen atoms in total. The highest BCUT2D eigenvalue weighted by Crippen LogP contribution is 2.60. The van der Waals surface area contributed by atoms with Crippen LogP contribution >= 0.6 is 11.6 Å². The van der Waals surface area contributed by atoms with Crippen molar-refractivity contribution in [1.82, 2.24) is 9.38 Å². The van der Waals surface area contributed by atoms with Crippen LogP contribution in [0.15, 0.2) is 47.5 Å². The number of amides is 4. The SMILES string of the molecule is CCCC(C)CCC1(C(C)CCC)C[N+]12C(C(C(=O)Nc1ccccc1OC)N1C(=O)OC(C)(C)C1=O)=NC(=O)c1cc(Cl)ccc12. The van der Waals surface area contributed by atoms with E-state index >= 15 is 0 Å². The standard InChI is InChI=1S/C36H45ClN4O6/c1-8-12-22(3)18-19-36(23(4)13-9-2)21-41(36)27-17-16-24(37)20-25(27)31(42)39-30(41)29(40-33(44)35(5,6)47-34(40)45)32(43)38-26-14-10-11-15-28(26)46-7/h10-11,14-17,20,22-23,29H,8-9,12-13,18-19,21H2,1-7H3/p+1. The van der Waals surface area contributed by atoms with E-state index in [-0.39, 0.29) is 16.2 Å². The first kappa shape index (κ1) is 34.6. The lowest BCUT2D eigenvalue weighted by atomic mass is 9.82. The molecule has 1 spiro atoms. The maximum Gasteiger partial charge on any atom is 0.419 e. The third kappa shape index (κ3) is 5.84. The van der Waals surface area contributed by atoms with E-state index in [2.05, 4.69) is 38.0 Å². The summed E-state index contributed by atoms with van der Waals surface area (Å²) in [5, 5.41) is 3.27. The minimum Gasteiger partial charge on any atom is -0.495 e. The second-order valence-electron chi connectivity index (χ2n) is 13.8. The number of quaternary nitrogens is 1. The molecule has 0 aromatic heterocycles. The number of methoxy groups -OCH3 is 1. The highest BCUT2D eigenvalue weighted by atomic mass is 35.5. The smallest absolute Gasteiger partial charge is 0.419 e. The largest absolute Gasteiger partial charge is 0.495 e. The van der Waals surface area contributed by atoms with Gasteiger partial charge in [0.15, 0.2) is 16.8 Å². The van der Waals surface area contributed by atoms with E-state index in [4.69, 9.17) is 21.1 Å². The Balaban J connectivity index is 1.74. The summed E-state index contributed by atoms with van der Waals surface area (Å²) in [6, 6.07) is 10.5. The molecule has 252 valence electrons. The average molecular weight is 666 g/mol. The predicted octanol–water partition coefficient (Wildman–Crippen LogP) is 7.38. The molecular weight excluding hydrogens is 620 g/mol. The Morgan fingerprint density at radius 2 is 1.79 bits per heavy atom. The Bertz CT molecular complexity index is 1620. The number of cyclic esters (lactones) is 1. The van der Waals surface area contributed by atoms with Crippen LogP contribution in [0.5, 0.6) is 5.75 Å². The molecule has 2 saturated heterocycles. The van der Waals surface area contributed by atoms with Crippen LogP contribution in [0.25, 0.3) is 0 Å². The van der Waals surface area contributed by atoms with Crippen molar-refractivity contribution in [3.05, 3.63) is 53.1 Å². The summed E-state index contributed by atoms with van der Waals surface area (Å²) < 4.78 is 11.1. The van der Waals surface area contributed by atoms with Gasteiger partial charge in [-0.3, -0.25) is 14.4 Å². The van der Waals surface area contributed by atoms with Crippen LogP contribution < -0.4 is 14.5 Å². The summed E-state index contributed by atoms with van der Waals surface area (Å²) in [5.41, 5.74) is -0.601. The first-order valence-electron chi connectivity index (χ1n) is 16.6. The molecule has 11 heteroatoms. The summed E-state index contributed by atoms with van der Waals surface area (Å²) in [4.78, 5) is 61.5. The number of para-hydroxylation sites is 2. The van der Waals surface area contributed by atoms with Crippen molar-refractivity contribution in [3.8, 4) is 5.75 Å². The number of carbonyl (C=O) groups excluding carboxylic acids is 4. The van der Waals surface area contributed by atoms with Gasteiger partial charge in [0.25, 0.3) is 17.7 Å². The fourth-order valence-corrected chi connectivity index (χ4v) is 7.93. The lowest BCUT2D eigenvalue weighted by Crippen LogP contribution is -2.62. The number of aliphatic imine (C=N–C) groups is 1. The molecule has 5 rings (SSSR count). The minimum atomic E-state index is -1.58. The second kappa shape index (κ2) is 13.0. The molecule has 3 aliphatic heterocycles. The maximum absolute atomic E-state index is 14.6. The molecular formula is C36H46ClN4O6+. The highest BCUT2D eigenvalue weighted by molar-refractivity contribution is 6.32. The van der Waals surface area contributed by atoms with Crippen molar-refractivity contribution in [2.75, 3.05) is 19.0 Å². The summed E-state index contributed by atoms with van der Waals surface area (Å²) in [6.07, 6.45) is 4.76. The van der Waals surface area contributed by atoms with E-state index in [0.29, 0.717) is 40.2 Å². The number of imide groups is 1. The van der Waals surface area contributed by atoms with E-state index in [1.54, 1.807) is 36.4 Å². The van der Waals surface area contributed by atoms with E-state index < -0.39 is 41.0 Å². The van der Waals surface area contributed by atoms with Crippen molar-refractivity contribution >= 4 is 52.6 Å². The van der Waals surface area contributed by atoms with Crippen molar-refractivity contribution in [3.63, 3.8) is 0 Å². The zero-order valence-electron chi connectivity index (χ0n) is 28.4. The fraction of sp³-hybridized carbons (Fsp3) is 0.528. The van der Waals surface area contributed by atoms with Crippen LogP contribution in [0.1, 0.15) is 90.4 Å². The number of benzene rings is 2. The normalized spacial score (nSPS) is 24.7. The van der Waals surface area contributed by atoms with Gasteiger partial charge in [-0.2, -0.15) is 4.99 Å². The van der Waals surface area contributed by atoms with Gasteiger partial charge >= 0.3 is 6.09 Å². The fourth-order valence-electron chi connectivity index (χ4n) is 7.75. The molecule has 1 N–H and O–H groups in total. The minimum absolute atomic E-state index is 0.0761. The quantitative estimate of drug-likeness (QED) is 0.176. The highest BCUT2D eigenvalue weighted by Gasteiger charge is 2.79. The number of fused-ring (bicyclic) bond motifs is 2. The van der Waals surface area contributed by atoms with E-state index in [1.807, 2.05) is 6.07 Å². The molecule has 2 aromatic rings. The number of hydrogen-bond acceptors (Lipinski definition) is 6. The summed E-state index contributed by atoms with van der Waals surface area (Å²) in [7, 11) is 1.48. The van der Waals surface area contributed by atoms with E-state index in [0.717, 1.165) is 43.4 Å². The molecule has 4 amide bonds. The summed E-state index contributed by atoms with van der Waals surface area (Å²) in [6.45, 7) is 12.3. The molecule has 2 aromatic carbocycles. The molecule has 47 heavy (non-hydrogen) atoms. The van der Waals surface area contributed by atoms with Gasteiger partial charge in [0.1, 0.15) is 17.9 Å². The predicted molar refractivity (Wildman–Crippen MR) is 183 cm³/mol. The number of carbonyl (C=O) groups is 4. The van der Waals surface area contributed by atoms with Gasteiger partial charge in [0.2, 0.25) is 11.9 Å². The number of hydrogen-bond donors (Lipinski definition) is 1. The number of rotatable bonds is 13. The van der Waals surface area contributed by atoms with Crippen molar-refractivity contribution in [1.29, 1.82) is 0 Å². The lowest BCUT2D eigenvalue weighted by Gasteiger charge is -2.37. The van der Waals surface area contributed by atoms with Gasteiger partial charge in [-0.1, -0.05) is 70.7 Å². The Morgan fingerprint density at radius 1 is 1.09 bits per heavy atom. The van der Waals surface area contributed by atoms with Gasteiger partial charge in [-0.15, -0.1) is 0 Å². The van der Waals surface area contributed by atoms with Gasteiger partial charge in [-0.25, -0.2) is 14.2 Å². The van der Waals surface area contributed by atoms with Gasteiger partial charge in [0, 0.05) is 23.4 Å². The maximum atomic E-state index is 14.6. The Kier molecular flexibility index (Phi) is 9.59. The Hall–Kier alpha value is -3.76. The van der Waals surface area contributed by atoms with Crippen LogP contribution in [-0.4, -0.2) is 65.4 Å². The molecule has 0 aliphatic carbocycles. The molecule has 3 heterocycles. The van der Waals surface area contributed by atoms with Crippen LogP contribution in [0.3, 0.4) is 0 Å². The monoisotopic (exact) mass is 665 g/mol. The third-order valence-corrected chi connectivity index (χ3v) is 10.5. The second-order valence-corrected chi connectivity index (χ2v) is 14.2. The average Bonchev–Trinajstić information content (AvgIpc) is 3.65. The number of amidine groups is 1. The van der Waals surface area contributed by atoms with Crippen LogP contribution in [0.4, 0.5) is 16.2 Å². The first-order valence-corrected chi connectivity index (χ1v) is 17.0. The van der Waals surface area contributed by atoms with Gasteiger partial charge in [0.05, 0.1) is 12.8 Å². The number of ether oxygens (including phenoxy) is 2. The molecule has 0 saturated carbocycles. The van der Waals surface area contributed by atoms with Crippen LogP contribution in [-0.2, 0) is 14.3 Å². The molecule has 3 aliphatic rings. The summed E-state index contributed by atoms with van der Waals surface area (Å²) >= 11 is 6.42. The Morgan fingerprint density at radius 3 is 2.43 bits per heavy atom. The first-order chi connectivity index (χ1) is 22.3. The van der Waals surface area contributed by atoms with Crippen LogP contribution in [0, 0.1) is 11.8 Å². The Labute approximate surface area is 282 Å². The lowest BCUT2D eigenvalue weighted by molar-refractivity contribution is -0.137. The third-order valence-electron chi connectivity index (χ3n) is 10.3. The zero-order valence-corrected chi connectivity index (χ0v) is 29.1. The molecule has 0 radical (unpaired) electrons. The molecule has 0 bridgehead atoms. The molecule has 2 fully saturated rings. The van der Waals surface area contributed by atoms with Gasteiger partial charge < -0.3 is 14.8 Å². The van der Waals surface area contributed by atoms with E-state index in [9.17, 15) is 19.2 Å². The summed E-state index contributed by atoms with van der Waals surface area (Å²) in [5.74, 6) is -0.846. The zero-order chi connectivity index (χ0) is 34.3. The number of nitrogens with one attached hydrogen (secondary N) is 1. The molecule has 5 atom stereocenters. The number of halogens is 1.